The van der Waals surface area contributed by atoms with Gasteiger partial charge in [-0.15, -0.1) is 0 Å². The molecule has 8 aliphatic rings. The molecule has 3 saturated carbocycles. The van der Waals surface area contributed by atoms with Crippen molar-refractivity contribution in [3.05, 3.63) is 35.4 Å². The molecule has 0 aromatic heterocycles. The van der Waals surface area contributed by atoms with Crippen molar-refractivity contribution in [1.82, 2.24) is 0 Å². The number of hydrogen-bond donors (Lipinski definition) is 14. The summed E-state index contributed by atoms with van der Waals surface area (Å²) >= 11 is 0. The zero-order valence-corrected chi connectivity index (χ0v) is 44.0. The van der Waals surface area contributed by atoms with Gasteiger partial charge in [0.1, 0.15) is 109 Å². The maximum atomic E-state index is 11.7. The van der Waals surface area contributed by atoms with E-state index in [1.807, 2.05) is 25.1 Å². The summed E-state index contributed by atoms with van der Waals surface area (Å²) in [4.78, 5) is 0. The van der Waals surface area contributed by atoms with Gasteiger partial charge >= 0.3 is 0 Å². The summed E-state index contributed by atoms with van der Waals surface area (Å²) in [6, 6.07) is 5.71. The summed E-state index contributed by atoms with van der Waals surface area (Å²) in [5.41, 5.74) is 1.57. The number of aliphatic hydroxyl groups excluding tert-OH is 14. The highest BCUT2D eigenvalue weighted by molar-refractivity contribution is 5.44. The third-order valence-electron chi connectivity index (χ3n) is 19.1. The fourth-order valence-corrected chi connectivity index (χ4v) is 15.0. The van der Waals surface area contributed by atoms with Gasteiger partial charge in [0.15, 0.2) is 25.2 Å². The minimum atomic E-state index is -1.81. The molecule has 12 unspecified atom stereocenters. The molecule has 7 fully saturated rings. The molecule has 9 rings (SSSR count). The van der Waals surface area contributed by atoms with E-state index < -0.39 is 161 Å². The highest BCUT2D eigenvalue weighted by Gasteiger charge is 2.64. The Hall–Kier alpha value is -2.32. The molecule has 29 atom stereocenters. The van der Waals surface area contributed by atoms with Crippen molar-refractivity contribution in [3.8, 4) is 11.5 Å². The minimum Gasteiger partial charge on any atom is -0.497 e. The summed E-state index contributed by atoms with van der Waals surface area (Å²) in [5.74, 6) is 1.60. The lowest BCUT2D eigenvalue weighted by Gasteiger charge is -2.58. The first-order valence-corrected chi connectivity index (χ1v) is 27.1. The molecular weight excluding hydrogens is 1020 g/mol. The first kappa shape index (κ1) is 59.3. The van der Waals surface area contributed by atoms with E-state index in [-0.39, 0.29) is 40.4 Å². The Bertz CT molecular complexity index is 2150. The van der Waals surface area contributed by atoms with E-state index in [0.717, 1.165) is 37.7 Å². The van der Waals surface area contributed by atoms with Crippen LogP contribution in [-0.2, 0) is 37.9 Å². The maximum absolute atomic E-state index is 11.7. The number of allylic oxidation sites excluding steroid dienone is 1. The Morgan fingerprint density at radius 1 is 0.584 bits per heavy atom. The Morgan fingerprint density at radius 3 is 1.65 bits per heavy atom. The van der Waals surface area contributed by atoms with Gasteiger partial charge in [0.2, 0.25) is 0 Å². The normalized spacial score (nSPS) is 49.5. The average molecular weight is 1100 g/mol. The number of aliphatic hydroxyl groups is 14. The lowest BCUT2D eigenvalue weighted by Crippen LogP contribution is -2.65. The third-order valence-corrected chi connectivity index (χ3v) is 19.1. The number of fused-ring (bicyclic) bond motifs is 5. The Kier molecular flexibility index (Phi) is 18.4. The van der Waals surface area contributed by atoms with Crippen molar-refractivity contribution in [2.45, 2.75) is 207 Å². The predicted molar refractivity (Wildman–Crippen MR) is 261 cm³/mol. The van der Waals surface area contributed by atoms with Gasteiger partial charge in [-0.1, -0.05) is 25.5 Å². The summed E-state index contributed by atoms with van der Waals surface area (Å²) in [7, 11) is 3.22. The van der Waals surface area contributed by atoms with Gasteiger partial charge in [0, 0.05) is 5.56 Å². The van der Waals surface area contributed by atoms with E-state index in [1.165, 1.54) is 5.57 Å². The lowest BCUT2D eigenvalue weighted by atomic mass is 9.47. The molecule has 0 spiro atoms. The van der Waals surface area contributed by atoms with Crippen molar-refractivity contribution in [2.24, 2.45) is 34.5 Å². The second-order valence-corrected chi connectivity index (χ2v) is 23.1. The molecule has 4 aliphatic heterocycles. The summed E-state index contributed by atoms with van der Waals surface area (Å²) in [5, 5.41) is 149. The van der Waals surface area contributed by atoms with Crippen molar-refractivity contribution >= 4 is 0 Å². The van der Waals surface area contributed by atoms with E-state index in [1.54, 1.807) is 14.2 Å². The fourth-order valence-electron chi connectivity index (χ4n) is 15.0. The van der Waals surface area contributed by atoms with Gasteiger partial charge in [0.05, 0.1) is 52.9 Å². The molecule has 0 amide bonds. The fraction of sp³-hybridized carbons (Fsp3) is 0.849. The zero-order chi connectivity index (χ0) is 55.6. The Morgan fingerprint density at radius 2 is 1.10 bits per heavy atom. The lowest BCUT2D eigenvalue weighted by molar-refractivity contribution is -0.364. The van der Waals surface area contributed by atoms with Crippen LogP contribution in [-0.4, -0.2) is 247 Å². The van der Waals surface area contributed by atoms with Gasteiger partial charge in [-0.2, -0.15) is 0 Å². The van der Waals surface area contributed by atoms with Crippen LogP contribution in [0.3, 0.4) is 0 Å². The highest BCUT2D eigenvalue weighted by atomic mass is 16.8. The smallest absolute Gasteiger partial charge is 0.187 e. The molecule has 0 radical (unpaired) electrons. The van der Waals surface area contributed by atoms with Crippen LogP contribution >= 0.6 is 0 Å². The molecule has 4 aliphatic carbocycles. The van der Waals surface area contributed by atoms with E-state index >= 15 is 0 Å². The highest BCUT2D eigenvalue weighted by Crippen LogP contribution is 2.70. The average Bonchev–Trinajstić information content (AvgIpc) is 3.76. The van der Waals surface area contributed by atoms with E-state index in [9.17, 15) is 71.5 Å². The van der Waals surface area contributed by atoms with Crippen LogP contribution in [0.25, 0.3) is 0 Å². The van der Waals surface area contributed by atoms with Crippen LogP contribution in [0.2, 0.25) is 0 Å². The van der Waals surface area contributed by atoms with Crippen LogP contribution in [0.1, 0.15) is 77.2 Å². The quantitative estimate of drug-likeness (QED) is 0.0734. The molecule has 1 aromatic carbocycles. The molecule has 0 bridgehead atoms. The van der Waals surface area contributed by atoms with Crippen LogP contribution in [0.15, 0.2) is 29.8 Å². The van der Waals surface area contributed by atoms with Crippen LogP contribution in [0, 0.1) is 34.5 Å². The molecule has 1 aromatic rings. The molecular formula is C53H82O24. The molecule has 77 heavy (non-hydrogen) atoms. The molecule has 14 N–H and O–H groups in total. The van der Waals surface area contributed by atoms with E-state index in [4.69, 9.17) is 47.4 Å². The molecule has 4 heterocycles. The molecule has 24 nitrogen and oxygen atoms in total. The van der Waals surface area contributed by atoms with Crippen molar-refractivity contribution in [1.29, 1.82) is 0 Å². The van der Waals surface area contributed by atoms with E-state index in [2.05, 4.69) is 19.9 Å². The van der Waals surface area contributed by atoms with Gasteiger partial charge in [-0.25, -0.2) is 0 Å². The summed E-state index contributed by atoms with van der Waals surface area (Å²) in [6.07, 6.45) is -25.3. The third kappa shape index (κ3) is 10.7. The number of benzene rings is 1. The predicted octanol–water partition coefficient (Wildman–Crippen LogP) is -2.99. The maximum Gasteiger partial charge on any atom is 0.187 e. The second kappa shape index (κ2) is 23.9. The molecule has 4 saturated heterocycles. The largest absolute Gasteiger partial charge is 0.497 e. The Balaban J connectivity index is 0.910. The Labute approximate surface area is 446 Å². The first-order chi connectivity index (χ1) is 36.7. The standard InChI is InChI=1S/C53H82O24/c1-21(70-48-44(66)40(62)46(33(19-56)74-48)76-50-42(64)38(60)36(58)31(17-54)72-50)35-27(26-15-23(68-4)7-9-30(26)69-5)16-29-25-8-6-22-14-24(10-12-52(22,2)28(25)11-13-53(29,35)3)71-49-45(67)41(63)47(34(20-57)75-49)77-51-43(65)39(61)37(59)32(18-55)73-51/h6-7,9,15,21,24-25,27-29,31-51,54-67H,8,10-14,16-20H2,1-5H3/t21?,24?,25?,27?,28?,29?,31-,32-,33-,34-,35?,36-,37-,38+,39+,40-,41?,42-,43-,44-,45-,46-,47-,48?,49?,50+,51+,52?,53?/m1/s1. The summed E-state index contributed by atoms with van der Waals surface area (Å²) in [6.45, 7) is 3.70. The van der Waals surface area contributed by atoms with Crippen LogP contribution in [0.4, 0.5) is 0 Å². The summed E-state index contributed by atoms with van der Waals surface area (Å²) < 4.78 is 59.6. The van der Waals surface area contributed by atoms with Crippen molar-refractivity contribution in [3.63, 3.8) is 0 Å². The van der Waals surface area contributed by atoms with Crippen LogP contribution < -0.4 is 9.47 Å². The SMILES string of the molecule is COc1ccc(OC)c(C2CC3C4CC=C5CC(OC6O[C@H](CO)[C@@H](O[C@@H]7O[C@H](CO)[C@@H](O)[C@H](O)[C@H]7O)C(O)[C@H]6O)CCC5(C)C4CCC3(C)C2C(C)OC2O[C@H](CO)[C@@H](O[C@@H]3O[C@H](CO)[C@@H](O)[C@H](O)[C@H]3O)[C@H](O)[C@H]2O)c1. The number of rotatable bonds is 16. The van der Waals surface area contributed by atoms with Gasteiger partial charge in [0.25, 0.3) is 0 Å². The minimum absolute atomic E-state index is 0.157. The van der Waals surface area contributed by atoms with Gasteiger partial charge in [-0.3, -0.25) is 0 Å². The number of ether oxygens (including phenoxy) is 10. The first-order valence-electron chi connectivity index (χ1n) is 27.1. The van der Waals surface area contributed by atoms with Crippen molar-refractivity contribution < 1.29 is 119 Å². The van der Waals surface area contributed by atoms with Crippen LogP contribution in [0.5, 0.6) is 11.5 Å². The second-order valence-electron chi connectivity index (χ2n) is 23.1. The number of hydrogen-bond acceptors (Lipinski definition) is 24. The monoisotopic (exact) mass is 1100 g/mol. The van der Waals surface area contributed by atoms with Crippen molar-refractivity contribution in [2.75, 3.05) is 40.6 Å². The van der Waals surface area contributed by atoms with Gasteiger partial charge in [-0.05, 0) is 110 Å². The molecule has 24 heteroatoms. The number of methoxy groups -OCH3 is 2. The van der Waals surface area contributed by atoms with E-state index in [0.29, 0.717) is 24.3 Å². The zero-order valence-electron chi connectivity index (χ0n) is 44.0. The molecule has 438 valence electrons. The van der Waals surface area contributed by atoms with Gasteiger partial charge < -0.3 is 119 Å². The topological polar surface area (TPSA) is 376 Å².